The summed E-state index contributed by atoms with van der Waals surface area (Å²) in [5.74, 6) is 0.474. The van der Waals surface area contributed by atoms with Crippen LogP contribution in [0.3, 0.4) is 0 Å². The highest BCUT2D eigenvalue weighted by atomic mass is 15.3. The summed E-state index contributed by atoms with van der Waals surface area (Å²) in [4.78, 5) is 0. The zero-order chi connectivity index (χ0) is 9.97. The van der Waals surface area contributed by atoms with E-state index in [1.54, 1.807) is 0 Å². The number of rotatable bonds is 1. The number of nitrogens with zero attached hydrogens (tertiary/aromatic N) is 1. The molecule has 2 rings (SSSR count). The minimum atomic E-state index is 0.474. The molecular formula is C12H16N2. The summed E-state index contributed by atoms with van der Waals surface area (Å²) in [6.45, 7) is 5.30. The summed E-state index contributed by atoms with van der Waals surface area (Å²) in [6, 6.07) is 8.55. The van der Waals surface area contributed by atoms with E-state index in [4.69, 9.17) is 0 Å². The lowest BCUT2D eigenvalue weighted by Crippen LogP contribution is -2.13. The van der Waals surface area contributed by atoms with Crippen LogP contribution < -0.4 is 5.43 Å². The molecule has 2 heteroatoms. The minimum Gasteiger partial charge on any atom is -0.309 e. The van der Waals surface area contributed by atoms with Gasteiger partial charge < -0.3 is 5.43 Å². The van der Waals surface area contributed by atoms with Gasteiger partial charge in [0.05, 0.1) is 5.71 Å². The Hall–Kier alpha value is -1.31. The average Bonchev–Trinajstić information content (AvgIpc) is 2.39. The van der Waals surface area contributed by atoms with E-state index in [9.17, 15) is 0 Å². The predicted molar refractivity (Wildman–Crippen MR) is 59.5 cm³/mol. The number of hydrazone groups is 1. The molecule has 0 saturated carbocycles. The molecule has 2 nitrogen and oxygen atoms in total. The molecule has 0 fully saturated rings. The number of hydrogen-bond acceptors (Lipinski definition) is 2. The van der Waals surface area contributed by atoms with Gasteiger partial charge in [-0.1, -0.05) is 38.1 Å². The Morgan fingerprint density at radius 3 is 2.86 bits per heavy atom. The van der Waals surface area contributed by atoms with Gasteiger partial charge in [0, 0.05) is 12.1 Å². The maximum atomic E-state index is 4.43. The molecule has 1 aliphatic rings. The molecule has 0 saturated heterocycles. The van der Waals surface area contributed by atoms with Crippen molar-refractivity contribution in [3.05, 3.63) is 35.4 Å². The molecule has 14 heavy (non-hydrogen) atoms. The molecule has 1 aliphatic heterocycles. The lowest BCUT2D eigenvalue weighted by Gasteiger charge is -2.10. The van der Waals surface area contributed by atoms with E-state index >= 15 is 0 Å². The fourth-order valence-electron chi connectivity index (χ4n) is 1.82. The van der Waals surface area contributed by atoms with Gasteiger partial charge in [-0.3, -0.25) is 0 Å². The largest absolute Gasteiger partial charge is 0.309 e. The number of hydrogen-bond donors (Lipinski definition) is 1. The zero-order valence-electron chi connectivity index (χ0n) is 8.75. The molecule has 0 spiro atoms. The lowest BCUT2D eigenvalue weighted by molar-refractivity contribution is 0.730. The Bertz CT molecular complexity index is 353. The molecule has 0 aliphatic carbocycles. The van der Waals surface area contributed by atoms with Crippen LogP contribution in [-0.4, -0.2) is 12.3 Å². The summed E-state index contributed by atoms with van der Waals surface area (Å²) < 4.78 is 0. The minimum absolute atomic E-state index is 0.474. The highest BCUT2D eigenvalue weighted by Gasteiger charge is 2.14. The lowest BCUT2D eigenvalue weighted by atomic mass is 9.94. The van der Waals surface area contributed by atoms with Crippen molar-refractivity contribution in [1.29, 1.82) is 0 Å². The molecule has 0 atom stereocenters. The first-order chi connectivity index (χ1) is 6.79. The Morgan fingerprint density at radius 1 is 1.29 bits per heavy atom. The maximum absolute atomic E-state index is 4.43. The van der Waals surface area contributed by atoms with Crippen LogP contribution in [0.15, 0.2) is 29.4 Å². The molecule has 0 unspecified atom stereocenters. The van der Waals surface area contributed by atoms with Crippen molar-refractivity contribution in [3.8, 4) is 0 Å². The van der Waals surface area contributed by atoms with Gasteiger partial charge in [-0.15, -0.1) is 0 Å². The van der Waals surface area contributed by atoms with Crippen LogP contribution >= 0.6 is 0 Å². The fourth-order valence-corrected chi connectivity index (χ4v) is 1.82. The maximum Gasteiger partial charge on any atom is 0.0703 e. The van der Waals surface area contributed by atoms with Gasteiger partial charge in [0.15, 0.2) is 0 Å². The van der Waals surface area contributed by atoms with Crippen molar-refractivity contribution in [1.82, 2.24) is 5.43 Å². The molecular weight excluding hydrogens is 172 g/mol. The van der Waals surface area contributed by atoms with E-state index in [0.29, 0.717) is 5.92 Å². The first-order valence-corrected chi connectivity index (χ1v) is 5.18. The predicted octanol–water partition coefficient (Wildman–Crippen LogP) is 2.19. The van der Waals surface area contributed by atoms with Crippen molar-refractivity contribution in [2.24, 2.45) is 11.0 Å². The van der Waals surface area contributed by atoms with E-state index in [1.807, 2.05) is 0 Å². The van der Waals surface area contributed by atoms with Crippen LogP contribution in [-0.2, 0) is 6.42 Å². The van der Waals surface area contributed by atoms with Crippen molar-refractivity contribution < 1.29 is 0 Å². The number of nitrogens with one attached hydrogen (secondary N) is 1. The number of benzene rings is 1. The molecule has 1 N–H and O–H groups in total. The molecule has 1 heterocycles. The van der Waals surface area contributed by atoms with Crippen LogP contribution in [0.25, 0.3) is 0 Å². The average molecular weight is 188 g/mol. The van der Waals surface area contributed by atoms with Crippen LogP contribution in [0.5, 0.6) is 0 Å². The fraction of sp³-hybridized carbons (Fsp3) is 0.417. The van der Waals surface area contributed by atoms with Gasteiger partial charge in [-0.25, -0.2) is 0 Å². The van der Waals surface area contributed by atoms with E-state index in [2.05, 4.69) is 48.6 Å². The van der Waals surface area contributed by atoms with Gasteiger partial charge >= 0.3 is 0 Å². The second kappa shape index (κ2) is 3.82. The van der Waals surface area contributed by atoms with Crippen molar-refractivity contribution in [2.75, 3.05) is 6.54 Å². The Kier molecular flexibility index (Phi) is 2.53. The topological polar surface area (TPSA) is 24.4 Å². The van der Waals surface area contributed by atoms with E-state index < -0.39 is 0 Å². The quantitative estimate of drug-likeness (QED) is 0.717. The third kappa shape index (κ3) is 1.65. The van der Waals surface area contributed by atoms with Gasteiger partial charge in [-0.2, -0.15) is 5.10 Å². The highest BCUT2D eigenvalue weighted by molar-refractivity contribution is 6.03. The highest BCUT2D eigenvalue weighted by Crippen LogP contribution is 2.17. The van der Waals surface area contributed by atoms with E-state index in [-0.39, 0.29) is 0 Å². The summed E-state index contributed by atoms with van der Waals surface area (Å²) >= 11 is 0. The molecule has 74 valence electrons. The molecule has 0 bridgehead atoms. The Morgan fingerprint density at radius 2 is 2.07 bits per heavy atom. The van der Waals surface area contributed by atoms with Gasteiger partial charge in [0.25, 0.3) is 0 Å². The second-order valence-electron chi connectivity index (χ2n) is 3.97. The Labute approximate surface area is 85.0 Å². The molecule has 0 amide bonds. The standard InChI is InChI=1S/C12H16N2/c1-9(2)12-11-6-4-3-5-10(11)7-8-13-14-12/h3-6,9,13H,7-8H2,1-2H3. The van der Waals surface area contributed by atoms with Crippen molar-refractivity contribution >= 4 is 5.71 Å². The third-order valence-corrected chi connectivity index (χ3v) is 2.55. The Balaban J connectivity index is 2.48. The van der Waals surface area contributed by atoms with Crippen LogP contribution in [0.2, 0.25) is 0 Å². The normalized spacial score (nSPS) is 15.5. The zero-order valence-corrected chi connectivity index (χ0v) is 8.75. The SMILES string of the molecule is CC(C)C1=NNCCc2ccccc21. The van der Waals surface area contributed by atoms with Gasteiger partial charge in [-0.05, 0) is 17.9 Å². The van der Waals surface area contributed by atoms with Gasteiger partial charge in [0.2, 0.25) is 0 Å². The molecule has 1 aromatic carbocycles. The van der Waals surface area contributed by atoms with Gasteiger partial charge in [0.1, 0.15) is 0 Å². The summed E-state index contributed by atoms with van der Waals surface area (Å²) in [7, 11) is 0. The number of fused-ring (bicyclic) bond motifs is 1. The van der Waals surface area contributed by atoms with Crippen LogP contribution in [0.4, 0.5) is 0 Å². The smallest absolute Gasteiger partial charge is 0.0703 e. The summed E-state index contributed by atoms with van der Waals surface area (Å²) in [5.41, 5.74) is 7.01. The molecule has 0 aromatic heterocycles. The molecule has 0 radical (unpaired) electrons. The van der Waals surface area contributed by atoms with Crippen molar-refractivity contribution in [3.63, 3.8) is 0 Å². The first kappa shape index (κ1) is 9.25. The van der Waals surface area contributed by atoms with E-state index in [0.717, 1.165) is 13.0 Å². The van der Waals surface area contributed by atoms with Crippen LogP contribution in [0.1, 0.15) is 25.0 Å². The van der Waals surface area contributed by atoms with Crippen molar-refractivity contribution in [2.45, 2.75) is 20.3 Å². The third-order valence-electron chi connectivity index (χ3n) is 2.55. The summed E-state index contributed by atoms with van der Waals surface area (Å²) in [6.07, 6.45) is 1.07. The molecule has 1 aromatic rings. The van der Waals surface area contributed by atoms with E-state index in [1.165, 1.54) is 16.8 Å². The summed E-state index contributed by atoms with van der Waals surface area (Å²) in [5, 5.41) is 4.43. The second-order valence-corrected chi connectivity index (χ2v) is 3.97. The first-order valence-electron chi connectivity index (χ1n) is 5.18. The van der Waals surface area contributed by atoms with Crippen LogP contribution in [0, 0.1) is 5.92 Å². The monoisotopic (exact) mass is 188 g/mol.